The van der Waals surface area contributed by atoms with Crippen LogP contribution in [0.4, 0.5) is 0 Å². The first-order chi connectivity index (χ1) is 9.65. The van der Waals surface area contributed by atoms with Gasteiger partial charge in [0.2, 0.25) is 0 Å². The third-order valence-corrected chi connectivity index (χ3v) is 3.35. The van der Waals surface area contributed by atoms with Crippen molar-refractivity contribution in [2.75, 3.05) is 13.2 Å². The zero-order chi connectivity index (χ0) is 15.2. The molecule has 0 aliphatic rings. The second kappa shape index (κ2) is 12.9. The van der Waals surface area contributed by atoms with Gasteiger partial charge in [0, 0.05) is 6.42 Å². The summed E-state index contributed by atoms with van der Waals surface area (Å²) in [5, 5.41) is 0. The molecular formula is C16H30O4. The molecule has 0 saturated heterocycles. The van der Waals surface area contributed by atoms with Crippen molar-refractivity contribution in [1.82, 2.24) is 0 Å². The number of hydrogen-bond acceptors (Lipinski definition) is 4. The maximum atomic E-state index is 11.6. The van der Waals surface area contributed by atoms with Crippen LogP contribution in [0.15, 0.2) is 0 Å². The first-order valence-corrected chi connectivity index (χ1v) is 7.97. The summed E-state index contributed by atoms with van der Waals surface area (Å²) in [6, 6.07) is 0. The highest BCUT2D eigenvalue weighted by Gasteiger charge is 2.16. The second-order valence-corrected chi connectivity index (χ2v) is 4.97. The minimum absolute atomic E-state index is 0.0504. The molecule has 0 rings (SSSR count). The van der Waals surface area contributed by atoms with Crippen molar-refractivity contribution in [2.24, 2.45) is 5.92 Å². The van der Waals surface area contributed by atoms with Gasteiger partial charge in [0.05, 0.1) is 19.1 Å². The van der Waals surface area contributed by atoms with E-state index >= 15 is 0 Å². The Morgan fingerprint density at radius 2 is 1.45 bits per heavy atom. The lowest BCUT2D eigenvalue weighted by Crippen LogP contribution is -2.16. The maximum absolute atomic E-state index is 11.6. The summed E-state index contributed by atoms with van der Waals surface area (Å²) in [7, 11) is 0. The third kappa shape index (κ3) is 9.82. The third-order valence-electron chi connectivity index (χ3n) is 3.35. The van der Waals surface area contributed by atoms with Gasteiger partial charge in [-0.25, -0.2) is 0 Å². The topological polar surface area (TPSA) is 52.6 Å². The summed E-state index contributed by atoms with van der Waals surface area (Å²) in [6.07, 6.45) is 7.50. The van der Waals surface area contributed by atoms with Crippen LogP contribution in [-0.2, 0) is 19.1 Å². The molecule has 0 aromatic rings. The maximum Gasteiger partial charge on any atom is 0.308 e. The monoisotopic (exact) mass is 286 g/mol. The average molecular weight is 286 g/mol. The number of hydrogen-bond donors (Lipinski definition) is 0. The Morgan fingerprint density at radius 1 is 0.850 bits per heavy atom. The first-order valence-electron chi connectivity index (χ1n) is 7.97. The number of carbonyl (C=O) groups is 2. The molecule has 0 aliphatic carbocycles. The summed E-state index contributed by atoms with van der Waals surface area (Å²) in [5.74, 6) is -0.104. The Kier molecular flexibility index (Phi) is 12.3. The van der Waals surface area contributed by atoms with Crippen LogP contribution in [0, 0.1) is 5.92 Å². The zero-order valence-corrected chi connectivity index (χ0v) is 13.3. The van der Waals surface area contributed by atoms with Gasteiger partial charge in [-0.1, -0.05) is 32.6 Å². The summed E-state index contributed by atoms with van der Waals surface area (Å²) >= 11 is 0. The fourth-order valence-electron chi connectivity index (χ4n) is 2.17. The molecule has 0 N–H and O–H groups in total. The largest absolute Gasteiger partial charge is 0.466 e. The molecule has 0 saturated carbocycles. The summed E-state index contributed by atoms with van der Waals surface area (Å²) in [5.41, 5.74) is 0. The summed E-state index contributed by atoms with van der Waals surface area (Å²) in [4.78, 5) is 22.7. The van der Waals surface area contributed by atoms with Gasteiger partial charge in [0.1, 0.15) is 0 Å². The molecule has 0 fully saturated rings. The van der Waals surface area contributed by atoms with Gasteiger partial charge < -0.3 is 9.47 Å². The van der Waals surface area contributed by atoms with Crippen LogP contribution in [0.3, 0.4) is 0 Å². The van der Waals surface area contributed by atoms with Crippen LogP contribution in [0.1, 0.15) is 72.1 Å². The van der Waals surface area contributed by atoms with Crippen molar-refractivity contribution in [2.45, 2.75) is 72.1 Å². The zero-order valence-electron chi connectivity index (χ0n) is 13.3. The van der Waals surface area contributed by atoms with Crippen LogP contribution in [0.5, 0.6) is 0 Å². The number of carbonyl (C=O) groups excluding carboxylic acids is 2. The minimum atomic E-state index is -0.0964. The van der Waals surface area contributed by atoms with Crippen LogP contribution < -0.4 is 0 Å². The van der Waals surface area contributed by atoms with E-state index in [1.165, 1.54) is 0 Å². The molecule has 0 radical (unpaired) electrons. The van der Waals surface area contributed by atoms with E-state index in [2.05, 4.69) is 0 Å². The molecule has 0 heterocycles. The van der Waals surface area contributed by atoms with Gasteiger partial charge in [-0.3, -0.25) is 9.59 Å². The molecule has 0 aliphatic heterocycles. The van der Waals surface area contributed by atoms with Gasteiger partial charge in [-0.2, -0.15) is 0 Å². The molecule has 20 heavy (non-hydrogen) atoms. The predicted octanol–water partition coefficient (Wildman–Crippen LogP) is 3.87. The Bertz CT molecular complexity index is 263. The highest BCUT2D eigenvalue weighted by molar-refractivity contribution is 5.72. The van der Waals surface area contributed by atoms with Crippen molar-refractivity contribution in [3.05, 3.63) is 0 Å². The van der Waals surface area contributed by atoms with E-state index in [0.29, 0.717) is 19.6 Å². The highest BCUT2D eigenvalue weighted by Crippen LogP contribution is 2.16. The van der Waals surface area contributed by atoms with Crippen molar-refractivity contribution in [3.63, 3.8) is 0 Å². The molecule has 0 aromatic heterocycles. The number of rotatable bonds is 12. The molecule has 0 aromatic carbocycles. The SMILES string of the molecule is CCOC(=O)CCCCCCCC(CC)C(=O)OCC. The average Bonchev–Trinajstić information content (AvgIpc) is 2.42. The lowest BCUT2D eigenvalue weighted by Gasteiger charge is -2.12. The lowest BCUT2D eigenvalue weighted by atomic mass is 9.98. The Labute approximate surface area is 123 Å². The van der Waals surface area contributed by atoms with Crippen molar-refractivity contribution in [1.29, 1.82) is 0 Å². The van der Waals surface area contributed by atoms with E-state index in [1.807, 2.05) is 20.8 Å². The van der Waals surface area contributed by atoms with Gasteiger partial charge in [0.25, 0.3) is 0 Å². The van der Waals surface area contributed by atoms with Crippen LogP contribution in [-0.4, -0.2) is 25.2 Å². The molecular weight excluding hydrogens is 256 g/mol. The molecule has 0 amide bonds. The van der Waals surface area contributed by atoms with Gasteiger partial charge >= 0.3 is 11.9 Å². The quantitative estimate of drug-likeness (QED) is 0.404. The van der Waals surface area contributed by atoms with Crippen LogP contribution in [0.25, 0.3) is 0 Å². The molecule has 4 nitrogen and oxygen atoms in total. The first kappa shape index (κ1) is 18.9. The summed E-state index contributed by atoms with van der Waals surface area (Å²) < 4.78 is 9.92. The Morgan fingerprint density at radius 3 is 2.05 bits per heavy atom. The van der Waals surface area contributed by atoms with E-state index in [-0.39, 0.29) is 17.9 Å². The number of esters is 2. The van der Waals surface area contributed by atoms with Crippen molar-refractivity contribution in [3.8, 4) is 0 Å². The van der Waals surface area contributed by atoms with Crippen molar-refractivity contribution < 1.29 is 19.1 Å². The molecule has 4 heteroatoms. The van der Waals surface area contributed by atoms with Gasteiger partial charge in [-0.15, -0.1) is 0 Å². The normalized spacial score (nSPS) is 11.9. The summed E-state index contributed by atoms with van der Waals surface area (Å²) in [6.45, 7) is 6.62. The molecule has 1 atom stereocenters. The Hall–Kier alpha value is -1.06. The van der Waals surface area contributed by atoms with E-state index in [9.17, 15) is 9.59 Å². The van der Waals surface area contributed by atoms with E-state index in [1.54, 1.807) is 0 Å². The van der Waals surface area contributed by atoms with E-state index in [0.717, 1.165) is 44.9 Å². The van der Waals surface area contributed by atoms with Crippen LogP contribution >= 0.6 is 0 Å². The molecule has 0 bridgehead atoms. The minimum Gasteiger partial charge on any atom is -0.466 e. The lowest BCUT2D eigenvalue weighted by molar-refractivity contribution is -0.148. The standard InChI is InChI=1S/C16H30O4/c1-4-14(16(18)20-6-3)12-10-8-7-9-11-13-15(17)19-5-2/h14H,4-13H2,1-3H3. The van der Waals surface area contributed by atoms with E-state index < -0.39 is 0 Å². The smallest absolute Gasteiger partial charge is 0.308 e. The van der Waals surface area contributed by atoms with E-state index in [4.69, 9.17) is 9.47 Å². The second-order valence-electron chi connectivity index (χ2n) is 4.97. The van der Waals surface area contributed by atoms with Crippen LogP contribution in [0.2, 0.25) is 0 Å². The fourth-order valence-corrected chi connectivity index (χ4v) is 2.17. The fraction of sp³-hybridized carbons (Fsp3) is 0.875. The highest BCUT2D eigenvalue weighted by atomic mass is 16.5. The Balaban J connectivity index is 3.50. The predicted molar refractivity (Wildman–Crippen MR) is 79.4 cm³/mol. The molecule has 0 spiro atoms. The number of ether oxygens (including phenoxy) is 2. The van der Waals surface area contributed by atoms with Gasteiger partial charge in [0.15, 0.2) is 0 Å². The van der Waals surface area contributed by atoms with Gasteiger partial charge in [-0.05, 0) is 33.1 Å². The molecule has 1 unspecified atom stereocenters. The molecule has 118 valence electrons. The van der Waals surface area contributed by atoms with Crippen molar-refractivity contribution >= 4 is 11.9 Å². The number of unbranched alkanes of at least 4 members (excludes halogenated alkanes) is 4.